The van der Waals surface area contributed by atoms with Gasteiger partial charge in [-0.15, -0.1) is 0 Å². The van der Waals surface area contributed by atoms with Crippen molar-refractivity contribution in [2.45, 2.75) is 33.0 Å². The average Bonchev–Trinajstić information content (AvgIpc) is 2.29. The van der Waals surface area contributed by atoms with E-state index in [0.29, 0.717) is 18.6 Å². The molecule has 0 aliphatic heterocycles. The molecular formula is C11H15NO3. The first-order valence-electron chi connectivity index (χ1n) is 5.02. The van der Waals surface area contributed by atoms with Crippen LogP contribution in [0.4, 0.5) is 0 Å². The van der Waals surface area contributed by atoms with E-state index in [9.17, 15) is 4.79 Å². The zero-order valence-electron chi connectivity index (χ0n) is 8.97. The lowest BCUT2D eigenvalue weighted by Gasteiger charge is -2.17. The Morgan fingerprint density at radius 3 is 2.60 bits per heavy atom. The average molecular weight is 209 g/mol. The number of hydrogen-bond donors (Lipinski definition) is 0. The third-order valence-corrected chi connectivity index (χ3v) is 1.80. The zero-order valence-corrected chi connectivity index (χ0v) is 8.97. The van der Waals surface area contributed by atoms with E-state index in [4.69, 9.17) is 9.47 Å². The van der Waals surface area contributed by atoms with E-state index in [1.807, 2.05) is 6.92 Å². The standard InChI is InChI=1S/C11H15NO3/c1-3-10(13)15-11(4-2)14-9-5-7-12-8-6-9/h5-8,11H,3-4H2,1-2H3. The van der Waals surface area contributed by atoms with Gasteiger partial charge in [0, 0.05) is 25.2 Å². The van der Waals surface area contributed by atoms with Crippen molar-refractivity contribution < 1.29 is 14.3 Å². The largest absolute Gasteiger partial charge is 0.455 e. The Bertz CT molecular complexity index is 300. The number of pyridine rings is 1. The molecule has 0 bridgehead atoms. The van der Waals surface area contributed by atoms with Gasteiger partial charge in [-0.05, 0) is 12.1 Å². The van der Waals surface area contributed by atoms with Crippen LogP contribution in [-0.2, 0) is 9.53 Å². The molecule has 1 aromatic rings. The fourth-order valence-electron chi connectivity index (χ4n) is 0.989. The van der Waals surface area contributed by atoms with Crippen molar-refractivity contribution in [1.29, 1.82) is 0 Å². The Labute approximate surface area is 89.2 Å². The van der Waals surface area contributed by atoms with Gasteiger partial charge < -0.3 is 9.47 Å². The van der Waals surface area contributed by atoms with Crippen LogP contribution in [0.25, 0.3) is 0 Å². The SMILES string of the molecule is CCC(=O)OC(CC)Oc1ccncc1. The lowest BCUT2D eigenvalue weighted by Crippen LogP contribution is -2.23. The summed E-state index contributed by atoms with van der Waals surface area (Å²) in [6, 6.07) is 3.45. The van der Waals surface area contributed by atoms with Crippen molar-refractivity contribution in [2.24, 2.45) is 0 Å². The Balaban J connectivity index is 2.50. The second-order valence-electron chi connectivity index (χ2n) is 2.98. The van der Waals surface area contributed by atoms with Crippen LogP contribution in [0.1, 0.15) is 26.7 Å². The molecule has 1 atom stereocenters. The highest BCUT2D eigenvalue weighted by molar-refractivity contribution is 5.68. The normalized spacial score (nSPS) is 11.9. The number of aromatic nitrogens is 1. The maximum absolute atomic E-state index is 11.1. The van der Waals surface area contributed by atoms with Crippen molar-refractivity contribution in [3.63, 3.8) is 0 Å². The quantitative estimate of drug-likeness (QED) is 0.550. The third-order valence-electron chi connectivity index (χ3n) is 1.80. The molecule has 4 heteroatoms. The summed E-state index contributed by atoms with van der Waals surface area (Å²) in [6.45, 7) is 3.65. The van der Waals surface area contributed by atoms with Crippen LogP contribution < -0.4 is 4.74 Å². The summed E-state index contributed by atoms with van der Waals surface area (Å²) in [5.41, 5.74) is 0. The number of carbonyl (C=O) groups is 1. The summed E-state index contributed by atoms with van der Waals surface area (Å²) < 4.78 is 10.5. The van der Waals surface area contributed by atoms with Gasteiger partial charge in [-0.25, -0.2) is 0 Å². The van der Waals surface area contributed by atoms with Gasteiger partial charge in [0.2, 0.25) is 6.29 Å². The molecule has 0 N–H and O–H groups in total. The summed E-state index contributed by atoms with van der Waals surface area (Å²) in [6.07, 6.45) is 3.72. The molecule has 0 fully saturated rings. The molecule has 0 aliphatic carbocycles. The molecule has 0 saturated heterocycles. The maximum Gasteiger partial charge on any atom is 0.308 e. The van der Waals surface area contributed by atoms with Gasteiger partial charge >= 0.3 is 5.97 Å². The Morgan fingerprint density at radius 2 is 2.07 bits per heavy atom. The Kier molecular flexibility index (Phi) is 4.60. The van der Waals surface area contributed by atoms with Crippen LogP contribution in [0.5, 0.6) is 5.75 Å². The fraction of sp³-hybridized carbons (Fsp3) is 0.455. The molecule has 82 valence electrons. The van der Waals surface area contributed by atoms with Gasteiger partial charge in [0.25, 0.3) is 0 Å². The highest BCUT2D eigenvalue weighted by Crippen LogP contribution is 2.12. The first-order valence-corrected chi connectivity index (χ1v) is 5.02. The highest BCUT2D eigenvalue weighted by atomic mass is 16.7. The lowest BCUT2D eigenvalue weighted by molar-refractivity contribution is -0.163. The minimum atomic E-state index is -0.514. The topological polar surface area (TPSA) is 48.4 Å². The molecule has 0 saturated carbocycles. The van der Waals surface area contributed by atoms with Gasteiger partial charge in [-0.1, -0.05) is 13.8 Å². The number of nitrogens with zero attached hydrogens (tertiary/aromatic N) is 1. The molecule has 1 rings (SSSR count). The maximum atomic E-state index is 11.1. The first kappa shape index (κ1) is 11.5. The van der Waals surface area contributed by atoms with Crippen LogP contribution in [0.15, 0.2) is 24.5 Å². The molecule has 0 spiro atoms. The summed E-state index contributed by atoms with van der Waals surface area (Å²) in [5.74, 6) is 0.400. The van der Waals surface area contributed by atoms with Crippen LogP contribution >= 0.6 is 0 Å². The molecule has 0 amide bonds. The number of esters is 1. The summed E-state index contributed by atoms with van der Waals surface area (Å²) >= 11 is 0. The molecule has 1 aromatic heterocycles. The van der Waals surface area contributed by atoms with E-state index in [1.165, 1.54) is 0 Å². The lowest BCUT2D eigenvalue weighted by atomic mass is 10.4. The summed E-state index contributed by atoms with van der Waals surface area (Å²) in [4.78, 5) is 14.9. The third kappa shape index (κ3) is 3.97. The van der Waals surface area contributed by atoms with E-state index in [1.54, 1.807) is 31.5 Å². The second kappa shape index (κ2) is 6.01. The summed E-state index contributed by atoms with van der Waals surface area (Å²) in [7, 11) is 0. The number of carbonyl (C=O) groups excluding carboxylic acids is 1. The van der Waals surface area contributed by atoms with E-state index in [2.05, 4.69) is 4.98 Å². The second-order valence-corrected chi connectivity index (χ2v) is 2.98. The van der Waals surface area contributed by atoms with E-state index in [-0.39, 0.29) is 5.97 Å². The smallest absolute Gasteiger partial charge is 0.308 e. The van der Waals surface area contributed by atoms with Crippen LogP contribution in [-0.4, -0.2) is 17.2 Å². The van der Waals surface area contributed by atoms with Crippen molar-refractivity contribution in [2.75, 3.05) is 0 Å². The van der Waals surface area contributed by atoms with Gasteiger partial charge in [-0.3, -0.25) is 9.78 Å². The number of ether oxygens (including phenoxy) is 2. The minimum absolute atomic E-state index is 0.254. The number of rotatable bonds is 5. The minimum Gasteiger partial charge on any atom is -0.455 e. The van der Waals surface area contributed by atoms with Crippen LogP contribution in [0, 0.1) is 0 Å². The summed E-state index contributed by atoms with van der Waals surface area (Å²) in [5, 5.41) is 0. The highest BCUT2D eigenvalue weighted by Gasteiger charge is 2.12. The molecular weight excluding hydrogens is 194 g/mol. The predicted octanol–water partition coefficient (Wildman–Crippen LogP) is 2.15. The molecule has 1 unspecified atom stereocenters. The van der Waals surface area contributed by atoms with E-state index in [0.717, 1.165) is 0 Å². The van der Waals surface area contributed by atoms with Crippen molar-refractivity contribution in [3.05, 3.63) is 24.5 Å². The van der Waals surface area contributed by atoms with Gasteiger partial charge in [0.15, 0.2) is 0 Å². The van der Waals surface area contributed by atoms with Gasteiger partial charge in [0.05, 0.1) is 0 Å². The van der Waals surface area contributed by atoms with Crippen molar-refractivity contribution in [3.8, 4) is 5.75 Å². The molecule has 0 aromatic carbocycles. The van der Waals surface area contributed by atoms with Gasteiger partial charge in [-0.2, -0.15) is 0 Å². The predicted molar refractivity (Wildman–Crippen MR) is 55.3 cm³/mol. The molecule has 1 heterocycles. The van der Waals surface area contributed by atoms with Crippen LogP contribution in [0.2, 0.25) is 0 Å². The molecule has 15 heavy (non-hydrogen) atoms. The molecule has 0 aliphatic rings. The molecule has 4 nitrogen and oxygen atoms in total. The van der Waals surface area contributed by atoms with E-state index < -0.39 is 6.29 Å². The molecule has 0 radical (unpaired) electrons. The van der Waals surface area contributed by atoms with E-state index >= 15 is 0 Å². The van der Waals surface area contributed by atoms with Gasteiger partial charge in [0.1, 0.15) is 5.75 Å². The Morgan fingerprint density at radius 1 is 1.40 bits per heavy atom. The van der Waals surface area contributed by atoms with Crippen molar-refractivity contribution >= 4 is 5.97 Å². The fourth-order valence-corrected chi connectivity index (χ4v) is 0.989. The Hall–Kier alpha value is -1.58. The monoisotopic (exact) mass is 209 g/mol. The number of hydrogen-bond acceptors (Lipinski definition) is 4. The zero-order chi connectivity index (χ0) is 11.1. The van der Waals surface area contributed by atoms with Crippen LogP contribution in [0.3, 0.4) is 0 Å². The van der Waals surface area contributed by atoms with Crippen molar-refractivity contribution in [1.82, 2.24) is 4.98 Å². The first-order chi connectivity index (χ1) is 7.26.